The Hall–Kier alpha value is -1.94. The monoisotopic (exact) mass is 491 g/mol. The molecule has 178 valence electrons. The molecule has 0 saturated carbocycles. The van der Waals surface area contributed by atoms with E-state index >= 15 is 0 Å². The summed E-state index contributed by atoms with van der Waals surface area (Å²) in [7, 11) is -3.57. The summed E-state index contributed by atoms with van der Waals surface area (Å²) >= 11 is 1.53. The third kappa shape index (κ3) is 5.11. The molecule has 4 rings (SSSR count). The standard InChI is InChI=1S/C24H30FN3O3S2/c1-4-27(5-2)33(29,30)21-10-11-23-22(14-21)26-24(28(23)15-20-7-6-12-31-20)32-16-18-13-19(25)9-8-17(18)3/h8-11,13-14,20H,4-7,12,15-16H2,1-3H3/t20-/m1/s1. The van der Waals surface area contributed by atoms with E-state index in [0.717, 1.165) is 41.2 Å². The predicted octanol–water partition coefficient (Wildman–Crippen LogP) is 4.99. The van der Waals surface area contributed by atoms with Gasteiger partial charge < -0.3 is 9.30 Å². The van der Waals surface area contributed by atoms with Crippen molar-refractivity contribution in [2.75, 3.05) is 19.7 Å². The summed E-state index contributed by atoms with van der Waals surface area (Å²) in [6.45, 7) is 7.88. The van der Waals surface area contributed by atoms with Crippen molar-refractivity contribution in [2.45, 2.75) is 62.1 Å². The highest BCUT2D eigenvalue weighted by atomic mass is 32.2. The number of hydrogen-bond acceptors (Lipinski definition) is 5. The Balaban J connectivity index is 1.71. The van der Waals surface area contributed by atoms with Crippen LogP contribution in [0.3, 0.4) is 0 Å². The zero-order valence-corrected chi connectivity index (χ0v) is 20.9. The van der Waals surface area contributed by atoms with Crippen molar-refractivity contribution < 1.29 is 17.5 Å². The maximum Gasteiger partial charge on any atom is 0.243 e. The number of aryl methyl sites for hydroxylation is 1. The molecule has 33 heavy (non-hydrogen) atoms. The summed E-state index contributed by atoms with van der Waals surface area (Å²) < 4.78 is 49.2. The average Bonchev–Trinajstić information content (AvgIpc) is 3.43. The average molecular weight is 492 g/mol. The lowest BCUT2D eigenvalue weighted by Gasteiger charge is -2.18. The normalized spacial score (nSPS) is 16.8. The van der Waals surface area contributed by atoms with Gasteiger partial charge in [0.05, 0.1) is 28.6 Å². The number of nitrogens with zero attached hydrogens (tertiary/aromatic N) is 3. The molecule has 2 heterocycles. The number of rotatable bonds is 9. The minimum Gasteiger partial charge on any atom is -0.376 e. The topological polar surface area (TPSA) is 64.4 Å². The third-order valence-electron chi connectivity index (χ3n) is 6.11. The number of thioether (sulfide) groups is 1. The van der Waals surface area contributed by atoms with Crippen LogP contribution in [-0.2, 0) is 27.1 Å². The van der Waals surface area contributed by atoms with Gasteiger partial charge in [0.1, 0.15) is 5.82 Å². The molecule has 1 fully saturated rings. The lowest BCUT2D eigenvalue weighted by atomic mass is 10.1. The molecule has 1 aliphatic rings. The minimum atomic E-state index is -3.57. The van der Waals surface area contributed by atoms with Crippen LogP contribution in [0.4, 0.5) is 4.39 Å². The molecule has 3 aromatic rings. The van der Waals surface area contributed by atoms with Gasteiger partial charge in [0.2, 0.25) is 10.0 Å². The number of imidazole rings is 1. The van der Waals surface area contributed by atoms with Crippen molar-refractivity contribution in [1.29, 1.82) is 0 Å². The van der Waals surface area contributed by atoms with Crippen LogP contribution in [0.15, 0.2) is 46.5 Å². The first-order valence-electron chi connectivity index (χ1n) is 11.3. The van der Waals surface area contributed by atoms with Crippen LogP contribution >= 0.6 is 11.8 Å². The van der Waals surface area contributed by atoms with Crippen LogP contribution in [0.2, 0.25) is 0 Å². The van der Waals surface area contributed by atoms with Gasteiger partial charge in [0.15, 0.2) is 5.16 Å². The molecule has 0 amide bonds. The van der Waals surface area contributed by atoms with Gasteiger partial charge in [0.25, 0.3) is 0 Å². The Morgan fingerprint density at radius 1 is 1.21 bits per heavy atom. The summed E-state index contributed by atoms with van der Waals surface area (Å²) in [6, 6.07) is 9.97. The van der Waals surface area contributed by atoms with E-state index in [1.165, 1.54) is 22.1 Å². The van der Waals surface area contributed by atoms with E-state index in [1.807, 2.05) is 26.8 Å². The van der Waals surface area contributed by atoms with Gasteiger partial charge in [-0.1, -0.05) is 31.7 Å². The molecule has 0 unspecified atom stereocenters. The Morgan fingerprint density at radius 3 is 2.70 bits per heavy atom. The molecular formula is C24H30FN3O3S2. The molecule has 1 saturated heterocycles. The third-order valence-corrected chi connectivity index (χ3v) is 9.18. The van der Waals surface area contributed by atoms with Gasteiger partial charge in [-0.25, -0.2) is 17.8 Å². The van der Waals surface area contributed by atoms with Gasteiger partial charge in [0, 0.05) is 25.4 Å². The minimum absolute atomic E-state index is 0.108. The summed E-state index contributed by atoms with van der Waals surface area (Å²) in [4.78, 5) is 5.05. The van der Waals surface area contributed by atoms with Crippen LogP contribution in [0.25, 0.3) is 11.0 Å². The molecule has 2 aromatic carbocycles. The van der Waals surface area contributed by atoms with Gasteiger partial charge in [-0.2, -0.15) is 4.31 Å². The fraction of sp³-hybridized carbons (Fsp3) is 0.458. The van der Waals surface area contributed by atoms with E-state index in [1.54, 1.807) is 24.3 Å². The van der Waals surface area contributed by atoms with Crippen LogP contribution < -0.4 is 0 Å². The van der Waals surface area contributed by atoms with Crippen LogP contribution in [0.1, 0.15) is 37.8 Å². The number of aromatic nitrogens is 2. The Kier molecular flexibility index (Phi) is 7.43. The predicted molar refractivity (Wildman–Crippen MR) is 130 cm³/mol. The highest BCUT2D eigenvalue weighted by Crippen LogP contribution is 2.31. The fourth-order valence-corrected chi connectivity index (χ4v) is 6.74. The van der Waals surface area contributed by atoms with E-state index in [0.29, 0.717) is 30.9 Å². The summed E-state index contributed by atoms with van der Waals surface area (Å²) in [5.41, 5.74) is 3.46. The largest absolute Gasteiger partial charge is 0.376 e. The molecule has 9 heteroatoms. The number of benzene rings is 2. The first kappa shape index (κ1) is 24.2. The van der Waals surface area contributed by atoms with E-state index in [9.17, 15) is 12.8 Å². The van der Waals surface area contributed by atoms with Gasteiger partial charge in [-0.3, -0.25) is 0 Å². The number of fused-ring (bicyclic) bond motifs is 1. The number of ether oxygens (including phenoxy) is 1. The van der Waals surface area contributed by atoms with Crippen LogP contribution in [-0.4, -0.2) is 48.1 Å². The first-order chi connectivity index (χ1) is 15.8. The maximum absolute atomic E-state index is 13.8. The van der Waals surface area contributed by atoms with Crippen molar-refractivity contribution in [3.63, 3.8) is 0 Å². The summed E-state index contributed by atoms with van der Waals surface area (Å²) in [6.07, 6.45) is 2.13. The summed E-state index contributed by atoms with van der Waals surface area (Å²) in [5, 5.41) is 0.779. The summed E-state index contributed by atoms with van der Waals surface area (Å²) in [5.74, 6) is 0.318. The SMILES string of the molecule is CCN(CC)S(=O)(=O)c1ccc2c(c1)nc(SCc1cc(F)ccc1C)n2C[C@H]1CCCO1. The Morgan fingerprint density at radius 2 is 2.00 bits per heavy atom. The van der Waals surface area contributed by atoms with Crippen molar-refractivity contribution in [2.24, 2.45) is 0 Å². The van der Waals surface area contributed by atoms with E-state index in [-0.39, 0.29) is 16.8 Å². The molecule has 0 spiro atoms. The second-order valence-corrected chi connectivity index (χ2v) is 11.1. The Bertz CT molecular complexity index is 1230. The number of halogens is 1. The lowest BCUT2D eigenvalue weighted by molar-refractivity contribution is 0.0960. The zero-order valence-electron chi connectivity index (χ0n) is 19.3. The lowest BCUT2D eigenvalue weighted by Crippen LogP contribution is -2.30. The molecule has 1 aromatic heterocycles. The molecule has 0 bridgehead atoms. The number of hydrogen-bond donors (Lipinski definition) is 0. The van der Waals surface area contributed by atoms with Crippen molar-refractivity contribution in [1.82, 2.24) is 13.9 Å². The fourth-order valence-electron chi connectivity index (χ4n) is 4.18. The molecule has 0 aliphatic carbocycles. The Labute approximate surface area is 199 Å². The van der Waals surface area contributed by atoms with Gasteiger partial charge >= 0.3 is 0 Å². The molecule has 6 nitrogen and oxygen atoms in total. The second-order valence-electron chi connectivity index (χ2n) is 8.24. The van der Waals surface area contributed by atoms with E-state index in [2.05, 4.69) is 4.57 Å². The number of sulfonamides is 1. The van der Waals surface area contributed by atoms with Crippen molar-refractivity contribution in [3.8, 4) is 0 Å². The zero-order chi connectivity index (χ0) is 23.6. The van der Waals surface area contributed by atoms with Crippen LogP contribution in [0.5, 0.6) is 0 Å². The maximum atomic E-state index is 13.8. The second kappa shape index (κ2) is 10.1. The van der Waals surface area contributed by atoms with Crippen molar-refractivity contribution >= 4 is 32.8 Å². The first-order valence-corrected chi connectivity index (χ1v) is 13.8. The molecule has 1 aliphatic heterocycles. The van der Waals surface area contributed by atoms with Gasteiger partial charge in [-0.15, -0.1) is 0 Å². The molecular weight excluding hydrogens is 461 g/mol. The molecule has 0 N–H and O–H groups in total. The van der Waals surface area contributed by atoms with Crippen LogP contribution in [0, 0.1) is 12.7 Å². The smallest absolute Gasteiger partial charge is 0.243 e. The van der Waals surface area contributed by atoms with Crippen molar-refractivity contribution in [3.05, 3.63) is 53.3 Å². The molecule has 1 atom stereocenters. The highest BCUT2D eigenvalue weighted by Gasteiger charge is 2.24. The van der Waals surface area contributed by atoms with E-state index < -0.39 is 10.0 Å². The molecule has 0 radical (unpaired) electrons. The van der Waals surface area contributed by atoms with Gasteiger partial charge in [-0.05, 0) is 61.2 Å². The highest BCUT2D eigenvalue weighted by molar-refractivity contribution is 7.98. The quantitative estimate of drug-likeness (QED) is 0.395. The van der Waals surface area contributed by atoms with E-state index in [4.69, 9.17) is 9.72 Å².